The summed E-state index contributed by atoms with van der Waals surface area (Å²) < 4.78 is 0. The van der Waals surface area contributed by atoms with Gasteiger partial charge in [0.1, 0.15) is 0 Å². The zero-order chi connectivity index (χ0) is 12.1. The van der Waals surface area contributed by atoms with Gasteiger partial charge in [0.25, 0.3) is 0 Å². The summed E-state index contributed by atoms with van der Waals surface area (Å²) in [4.78, 5) is 11.4. The SMILES string of the molecule is CCC(C)c1ccc(C(NC)C(C)=O)cc1. The quantitative estimate of drug-likeness (QED) is 0.824. The van der Waals surface area contributed by atoms with Gasteiger partial charge < -0.3 is 5.32 Å². The van der Waals surface area contributed by atoms with Crippen molar-refractivity contribution in [3.8, 4) is 0 Å². The van der Waals surface area contributed by atoms with Gasteiger partial charge in [-0.1, -0.05) is 38.1 Å². The molecule has 88 valence electrons. The molecule has 0 radical (unpaired) electrons. The molecular weight excluding hydrogens is 198 g/mol. The van der Waals surface area contributed by atoms with E-state index >= 15 is 0 Å². The van der Waals surface area contributed by atoms with Crippen LogP contribution in [0.5, 0.6) is 0 Å². The molecule has 2 atom stereocenters. The normalized spacial score (nSPS) is 14.5. The molecule has 0 bridgehead atoms. The van der Waals surface area contributed by atoms with E-state index in [1.54, 1.807) is 6.92 Å². The minimum atomic E-state index is -0.175. The summed E-state index contributed by atoms with van der Waals surface area (Å²) in [5.41, 5.74) is 2.38. The lowest BCUT2D eigenvalue weighted by atomic mass is 9.95. The second-order valence-corrected chi connectivity index (χ2v) is 4.31. The van der Waals surface area contributed by atoms with Crippen molar-refractivity contribution in [2.75, 3.05) is 7.05 Å². The molecular formula is C14H21NO. The first-order valence-corrected chi connectivity index (χ1v) is 5.87. The van der Waals surface area contributed by atoms with E-state index in [-0.39, 0.29) is 11.8 Å². The van der Waals surface area contributed by atoms with Crippen molar-refractivity contribution in [3.63, 3.8) is 0 Å². The van der Waals surface area contributed by atoms with Crippen molar-refractivity contribution in [2.24, 2.45) is 0 Å². The summed E-state index contributed by atoms with van der Waals surface area (Å²) in [6.45, 7) is 6.02. The minimum absolute atomic E-state index is 0.152. The highest BCUT2D eigenvalue weighted by Crippen LogP contribution is 2.21. The lowest BCUT2D eigenvalue weighted by Crippen LogP contribution is -2.23. The van der Waals surface area contributed by atoms with Crippen molar-refractivity contribution >= 4 is 5.78 Å². The van der Waals surface area contributed by atoms with E-state index in [0.717, 1.165) is 12.0 Å². The molecule has 0 aromatic heterocycles. The number of carbonyl (C=O) groups is 1. The molecule has 0 spiro atoms. The van der Waals surface area contributed by atoms with Gasteiger partial charge in [0, 0.05) is 0 Å². The van der Waals surface area contributed by atoms with Crippen LogP contribution in [0.2, 0.25) is 0 Å². The number of carbonyl (C=O) groups excluding carboxylic acids is 1. The summed E-state index contributed by atoms with van der Waals surface area (Å²) >= 11 is 0. The maximum absolute atomic E-state index is 11.4. The van der Waals surface area contributed by atoms with E-state index in [2.05, 4.69) is 31.3 Å². The van der Waals surface area contributed by atoms with Gasteiger partial charge in [0.05, 0.1) is 6.04 Å². The molecule has 2 heteroatoms. The molecule has 0 aliphatic rings. The molecule has 1 aromatic carbocycles. The number of hydrogen-bond donors (Lipinski definition) is 1. The Kier molecular flexibility index (Phi) is 4.69. The van der Waals surface area contributed by atoms with Crippen LogP contribution in [0.4, 0.5) is 0 Å². The molecule has 2 nitrogen and oxygen atoms in total. The maximum atomic E-state index is 11.4. The monoisotopic (exact) mass is 219 g/mol. The van der Waals surface area contributed by atoms with Gasteiger partial charge in [-0.05, 0) is 37.4 Å². The smallest absolute Gasteiger partial charge is 0.151 e. The standard InChI is InChI=1S/C14H21NO/c1-5-10(2)12-6-8-13(9-7-12)14(15-4)11(3)16/h6-10,14-15H,5H2,1-4H3. The van der Waals surface area contributed by atoms with E-state index < -0.39 is 0 Å². The predicted molar refractivity (Wildman–Crippen MR) is 67.6 cm³/mol. The van der Waals surface area contributed by atoms with Gasteiger partial charge in [-0.2, -0.15) is 0 Å². The number of likely N-dealkylation sites (N-methyl/N-ethyl adjacent to an activating group) is 1. The van der Waals surface area contributed by atoms with Gasteiger partial charge in [-0.15, -0.1) is 0 Å². The molecule has 2 unspecified atom stereocenters. The fourth-order valence-corrected chi connectivity index (χ4v) is 1.86. The molecule has 0 saturated carbocycles. The van der Waals surface area contributed by atoms with Gasteiger partial charge in [-0.25, -0.2) is 0 Å². The number of ketones is 1. The van der Waals surface area contributed by atoms with Crippen molar-refractivity contribution in [1.29, 1.82) is 0 Å². The van der Waals surface area contributed by atoms with Crippen LogP contribution in [0, 0.1) is 0 Å². The van der Waals surface area contributed by atoms with Crippen molar-refractivity contribution in [3.05, 3.63) is 35.4 Å². The second kappa shape index (κ2) is 5.80. The molecule has 0 amide bonds. The van der Waals surface area contributed by atoms with E-state index in [1.165, 1.54) is 5.56 Å². The Morgan fingerprint density at radius 1 is 1.25 bits per heavy atom. The molecule has 0 aliphatic carbocycles. The van der Waals surface area contributed by atoms with Crippen LogP contribution in [-0.4, -0.2) is 12.8 Å². The summed E-state index contributed by atoms with van der Waals surface area (Å²) in [5.74, 6) is 0.734. The Morgan fingerprint density at radius 3 is 2.12 bits per heavy atom. The fraction of sp³-hybridized carbons (Fsp3) is 0.500. The number of Topliss-reactive ketones (excluding diaryl/α,β-unsaturated/α-hetero) is 1. The summed E-state index contributed by atoms with van der Waals surface area (Å²) in [6, 6.07) is 8.16. The largest absolute Gasteiger partial charge is 0.307 e. The highest BCUT2D eigenvalue weighted by molar-refractivity contribution is 5.82. The highest BCUT2D eigenvalue weighted by Gasteiger charge is 2.14. The Hall–Kier alpha value is -1.15. The average Bonchev–Trinajstić information content (AvgIpc) is 2.29. The summed E-state index contributed by atoms with van der Waals surface area (Å²) in [6.07, 6.45) is 1.14. The first-order chi connectivity index (χ1) is 7.60. The zero-order valence-corrected chi connectivity index (χ0v) is 10.6. The number of hydrogen-bond acceptors (Lipinski definition) is 2. The molecule has 1 aromatic rings. The van der Waals surface area contributed by atoms with E-state index in [0.29, 0.717) is 5.92 Å². The van der Waals surface area contributed by atoms with Crippen LogP contribution < -0.4 is 5.32 Å². The van der Waals surface area contributed by atoms with Crippen molar-refractivity contribution < 1.29 is 4.79 Å². The van der Waals surface area contributed by atoms with Crippen LogP contribution in [0.15, 0.2) is 24.3 Å². The first-order valence-electron chi connectivity index (χ1n) is 5.87. The summed E-state index contributed by atoms with van der Waals surface area (Å²) in [7, 11) is 1.81. The van der Waals surface area contributed by atoms with Crippen LogP contribution in [0.3, 0.4) is 0 Å². The van der Waals surface area contributed by atoms with Crippen molar-refractivity contribution in [2.45, 2.75) is 39.2 Å². The maximum Gasteiger partial charge on any atom is 0.151 e. The second-order valence-electron chi connectivity index (χ2n) is 4.31. The lowest BCUT2D eigenvalue weighted by Gasteiger charge is -2.15. The Morgan fingerprint density at radius 2 is 1.75 bits per heavy atom. The fourth-order valence-electron chi connectivity index (χ4n) is 1.86. The van der Waals surface area contributed by atoms with Crippen LogP contribution in [-0.2, 0) is 4.79 Å². The zero-order valence-electron chi connectivity index (χ0n) is 10.6. The number of rotatable bonds is 5. The van der Waals surface area contributed by atoms with E-state index in [4.69, 9.17) is 0 Å². The van der Waals surface area contributed by atoms with E-state index in [1.807, 2.05) is 19.2 Å². The molecule has 16 heavy (non-hydrogen) atoms. The van der Waals surface area contributed by atoms with Gasteiger partial charge in [-0.3, -0.25) is 4.79 Å². The Labute approximate surface area is 98.1 Å². The van der Waals surface area contributed by atoms with Crippen LogP contribution in [0.25, 0.3) is 0 Å². The highest BCUT2D eigenvalue weighted by atomic mass is 16.1. The molecule has 0 fully saturated rings. The topological polar surface area (TPSA) is 29.1 Å². The molecule has 1 rings (SSSR count). The van der Waals surface area contributed by atoms with Gasteiger partial charge in [0.2, 0.25) is 0 Å². The minimum Gasteiger partial charge on any atom is -0.307 e. The van der Waals surface area contributed by atoms with Gasteiger partial charge in [0.15, 0.2) is 5.78 Å². The third-order valence-electron chi connectivity index (χ3n) is 3.15. The lowest BCUT2D eigenvalue weighted by molar-refractivity contribution is -0.119. The van der Waals surface area contributed by atoms with Gasteiger partial charge >= 0.3 is 0 Å². The van der Waals surface area contributed by atoms with Crippen LogP contribution in [0.1, 0.15) is 50.3 Å². The Bertz CT molecular complexity index is 342. The average molecular weight is 219 g/mol. The first kappa shape index (κ1) is 12.9. The molecule has 1 N–H and O–H groups in total. The number of nitrogens with one attached hydrogen (secondary N) is 1. The molecule has 0 heterocycles. The molecule has 0 aliphatic heterocycles. The third kappa shape index (κ3) is 2.92. The van der Waals surface area contributed by atoms with E-state index in [9.17, 15) is 4.79 Å². The molecule has 0 saturated heterocycles. The Balaban J connectivity index is 2.89. The predicted octanol–water partition coefficient (Wildman–Crippen LogP) is 3.05. The van der Waals surface area contributed by atoms with Crippen molar-refractivity contribution in [1.82, 2.24) is 5.32 Å². The third-order valence-corrected chi connectivity index (χ3v) is 3.15. The van der Waals surface area contributed by atoms with Crippen LogP contribution >= 0.6 is 0 Å². The summed E-state index contributed by atoms with van der Waals surface area (Å²) in [5, 5.41) is 3.03. The number of benzene rings is 1.